The summed E-state index contributed by atoms with van der Waals surface area (Å²) in [5, 5.41) is 9.16. The number of carbonyl (C=O) groups is 2. The van der Waals surface area contributed by atoms with Crippen molar-refractivity contribution in [2.75, 3.05) is 6.54 Å². The smallest absolute Gasteiger partial charge is 0.315 e. The lowest BCUT2D eigenvalue weighted by Gasteiger charge is -2.25. The highest BCUT2D eigenvalue weighted by molar-refractivity contribution is 5.98. The molecule has 3 aromatic carbocycles. The average Bonchev–Trinajstić information content (AvgIpc) is 3.38. The zero-order chi connectivity index (χ0) is 29.4. The number of amides is 3. The molecule has 0 bridgehead atoms. The van der Waals surface area contributed by atoms with Crippen LogP contribution in [0.2, 0.25) is 0 Å². The monoisotopic (exact) mass is 553 g/mol. The SMILES string of the molecule is C=C(OCc1ccccc1)[C@H](CNC(=O)NC1CCc2ccccc21)NC(=O)c1c(C)cc(CC)c(CCC)c1C. The highest BCUT2D eigenvalue weighted by Crippen LogP contribution is 2.30. The predicted octanol–water partition coefficient (Wildman–Crippen LogP) is 6.63. The first-order chi connectivity index (χ1) is 19.8. The minimum absolute atomic E-state index is 0.0314. The van der Waals surface area contributed by atoms with Crippen LogP contribution < -0.4 is 16.0 Å². The summed E-state index contributed by atoms with van der Waals surface area (Å²) in [6, 6.07) is 19.2. The van der Waals surface area contributed by atoms with E-state index in [1.54, 1.807) is 0 Å². The zero-order valence-corrected chi connectivity index (χ0v) is 24.8. The lowest BCUT2D eigenvalue weighted by Crippen LogP contribution is -2.48. The standard InChI is InChI=1S/C35H43N3O3/c1-6-13-29-24(4)33(23(3)20-27(29)7-2)34(39)37-32(25(5)41-22-26-14-9-8-10-15-26)21-36-35(40)38-31-19-18-28-16-11-12-17-30(28)31/h8-12,14-17,20,31-32H,5-7,13,18-19,21-22H2,1-4H3,(H,37,39)(H2,36,38,40)/t31?,32-/m0/s1. The van der Waals surface area contributed by atoms with Gasteiger partial charge in [-0.3, -0.25) is 4.79 Å². The number of fused-ring (bicyclic) bond motifs is 1. The Morgan fingerprint density at radius 3 is 2.51 bits per heavy atom. The fraction of sp³-hybridized carbons (Fsp3) is 0.371. The van der Waals surface area contributed by atoms with Crippen LogP contribution in [0.25, 0.3) is 0 Å². The van der Waals surface area contributed by atoms with Crippen molar-refractivity contribution in [3.8, 4) is 0 Å². The van der Waals surface area contributed by atoms with Crippen molar-refractivity contribution < 1.29 is 14.3 Å². The first-order valence-corrected chi connectivity index (χ1v) is 14.7. The van der Waals surface area contributed by atoms with E-state index in [9.17, 15) is 9.59 Å². The van der Waals surface area contributed by atoms with Gasteiger partial charge in [0.25, 0.3) is 5.91 Å². The topological polar surface area (TPSA) is 79.5 Å². The molecule has 0 aromatic heterocycles. The van der Waals surface area contributed by atoms with Crippen molar-refractivity contribution in [3.05, 3.63) is 118 Å². The fourth-order valence-corrected chi connectivity index (χ4v) is 5.81. The van der Waals surface area contributed by atoms with Crippen LogP contribution in [0.1, 0.15) is 82.0 Å². The van der Waals surface area contributed by atoms with Gasteiger partial charge in [0, 0.05) is 12.1 Å². The number of carbonyl (C=O) groups excluding carboxylic acids is 2. The first-order valence-electron chi connectivity index (χ1n) is 14.7. The molecule has 216 valence electrons. The van der Waals surface area contributed by atoms with E-state index < -0.39 is 6.04 Å². The van der Waals surface area contributed by atoms with Gasteiger partial charge >= 0.3 is 6.03 Å². The van der Waals surface area contributed by atoms with Gasteiger partial charge in [0.1, 0.15) is 18.4 Å². The number of hydrogen-bond acceptors (Lipinski definition) is 3. The van der Waals surface area contributed by atoms with Crippen molar-refractivity contribution in [1.29, 1.82) is 0 Å². The third-order valence-electron chi connectivity index (χ3n) is 7.97. The molecule has 0 heterocycles. The molecule has 4 rings (SSSR count). The fourth-order valence-electron chi connectivity index (χ4n) is 5.81. The van der Waals surface area contributed by atoms with Gasteiger partial charge in [-0.2, -0.15) is 0 Å². The third kappa shape index (κ3) is 7.37. The Hall–Kier alpha value is -4.06. The predicted molar refractivity (Wildman–Crippen MR) is 165 cm³/mol. The minimum atomic E-state index is -0.618. The average molecular weight is 554 g/mol. The highest BCUT2D eigenvalue weighted by atomic mass is 16.5. The molecule has 0 radical (unpaired) electrons. The van der Waals surface area contributed by atoms with E-state index >= 15 is 0 Å². The van der Waals surface area contributed by atoms with Crippen LogP contribution in [-0.2, 0) is 30.6 Å². The van der Waals surface area contributed by atoms with Gasteiger partial charge in [-0.1, -0.05) is 87.5 Å². The van der Waals surface area contributed by atoms with Gasteiger partial charge in [0.15, 0.2) is 0 Å². The number of hydrogen-bond donors (Lipinski definition) is 3. The van der Waals surface area contributed by atoms with Gasteiger partial charge in [0.05, 0.1) is 6.04 Å². The molecular weight excluding hydrogens is 510 g/mol. The van der Waals surface area contributed by atoms with Crippen LogP contribution in [0.4, 0.5) is 4.79 Å². The molecule has 0 saturated carbocycles. The summed E-state index contributed by atoms with van der Waals surface area (Å²) in [6.45, 7) is 12.9. The van der Waals surface area contributed by atoms with E-state index in [-0.39, 0.29) is 24.5 Å². The van der Waals surface area contributed by atoms with Crippen molar-refractivity contribution in [3.63, 3.8) is 0 Å². The molecule has 6 nitrogen and oxygen atoms in total. The molecule has 6 heteroatoms. The Kier molecular flexibility index (Phi) is 10.2. The Balaban J connectivity index is 1.49. The molecule has 0 aliphatic heterocycles. The maximum Gasteiger partial charge on any atom is 0.315 e. The maximum absolute atomic E-state index is 13.8. The molecule has 2 atom stereocenters. The number of aryl methyl sites for hydroxylation is 3. The number of benzene rings is 3. The summed E-state index contributed by atoms with van der Waals surface area (Å²) in [7, 11) is 0. The third-order valence-corrected chi connectivity index (χ3v) is 7.97. The first kappa shape index (κ1) is 29.9. The highest BCUT2D eigenvalue weighted by Gasteiger charge is 2.26. The Morgan fingerprint density at radius 1 is 1.05 bits per heavy atom. The summed E-state index contributed by atoms with van der Waals surface area (Å²) in [4.78, 5) is 26.7. The Labute approximate surface area is 244 Å². The van der Waals surface area contributed by atoms with Crippen molar-refractivity contribution in [1.82, 2.24) is 16.0 Å². The zero-order valence-electron chi connectivity index (χ0n) is 24.8. The largest absolute Gasteiger partial charge is 0.492 e. The molecule has 1 aliphatic rings. The van der Waals surface area contributed by atoms with E-state index in [4.69, 9.17) is 4.74 Å². The molecule has 3 amide bonds. The van der Waals surface area contributed by atoms with Crippen molar-refractivity contribution >= 4 is 11.9 Å². The van der Waals surface area contributed by atoms with E-state index in [1.807, 2.05) is 56.3 Å². The number of rotatable bonds is 12. The Morgan fingerprint density at radius 2 is 1.78 bits per heavy atom. The van der Waals surface area contributed by atoms with E-state index in [2.05, 4.69) is 54.6 Å². The second-order valence-electron chi connectivity index (χ2n) is 10.8. The van der Waals surface area contributed by atoms with E-state index in [1.165, 1.54) is 16.7 Å². The van der Waals surface area contributed by atoms with E-state index in [0.29, 0.717) is 17.9 Å². The summed E-state index contributed by atoms with van der Waals surface area (Å²) in [5.74, 6) is 0.198. The van der Waals surface area contributed by atoms with Gasteiger partial charge in [-0.25, -0.2) is 4.79 Å². The number of urea groups is 1. The van der Waals surface area contributed by atoms with Gasteiger partial charge < -0.3 is 20.7 Å². The van der Waals surface area contributed by atoms with Crippen LogP contribution in [0.3, 0.4) is 0 Å². The Bertz CT molecular complexity index is 1380. The normalized spacial score (nSPS) is 14.6. The molecule has 0 spiro atoms. The summed E-state index contributed by atoms with van der Waals surface area (Å²) >= 11 is 0. The molecule has 1 unspecified atom stereocenters. The summed E-state index contributed by atoms with van der Waals surface area (Å²) in [6.07, 6.45) is 4.68. The lowest BCUT2D eigenvalue weighted by molar-refractivity contribution is 0.0915. The summed E-state index contributed by atoms with van der Waals surface area (Å²) in [5.41, 5.74) is 8.60. The molecule has 0 saturated heterocycles. The van der Waals surface area contributed by atoms with E-state index in [0.717, 1.165) is 54.4 Å². The van der Waals surface area contributed by atoms with Gasteiger partial charge in [-0.05, 0) is 78.5 Å². The van der Waals surface area contributed by atoms with Crippen LogP contribution in [0.15, 0.2) is 73.0 Å². The van der Waals surface area contributed by atoms with Crippen LogP contribution >= 0.6 is 0 Å². The lowest BCUT2D eigenvalue weighted by atomic mass is 9.89. The van der Waals surface area contributed by atoms with Crippen molar-refractivity contribution in [2.24, 2.45) is 0 Å². The van der Waals surface area contributed by atoms with Gasteiger partial charge in [-0.15, -0.1) is 0 Å². The number of nitrogens with one attached hydrogen (secondary N) is 3. The second-order valence-corrected chi connectivity index (χ2v) is 10.8. The molecule has 0 fully saturated rings. The second kappa shape index (κ2) is 14.0. The van der Waals surface area contributed by atoms with Crippen LogP contribution in [0, 0.1) is 13.8 Å². The van der Waals surface area contributed by atoms with Gasteiger partial charge in [0.2, 0.25) is 0 Å². The minimum Gasteiger partial charge on any atom is -0.492 e. The maximum atomic E-state index is 13.8. The van der Waals surface area contributed by atoms with Crippen LogP contribution in [-0.4, -0.2) is 24.5 Å². The summed E-state index contributed by atoms with van der Waals surface area (Å²) < 4.78 is 6.02. The molecule has 3 N–H and O–H groups in total. The van der Waals surface area contributed by atoms with Crippen molar-refractivity contribution in [2.45, 2.75) is 78.5 Å². The molecule has 3 aromatic rings. The molecule has 41 heavy (non-hydrogen) atoms. The quantitative estimate of drug-likeness (QED) is 0.220. The van der Waals surface area contributed by atoms with Crippen LogP contribution in [0.5, 0.6) is 0 Å². The number of ether oxygens (including phenoxy) is 1. The molecular formula is C35H43N3O3. The molecule has 1 aliphatic carbocycles.